The first kappa shape index (κ1) is 22.8. The van der Waals surface area contributed by atoms with Gasteiger partial charge in [0.2, 0.25) is 0 Å². The Morgan fingerprint density at radius 1 is 0.806 bits per heavy atom. The van der Waals surface area contributed by atoms with Gasteiger partial charge in [-0.25, -0.2) is 16.8 Å². The highest BCUT2D eigenvalue weighted by molar-refractivity contribution is 7.93. The Morgan fingerprint density at radius 2 is 1.45 bits per heavy atom. The van der Waals surface area contributed by atoms with Gasteiger partial charge in [0.05, 0.1) is 20.5 Å². The van der Waals surface area contributed by atoms with E-state index in [1.54, 1.807) is 0 Å². The second kappa shape index (κ2) is 8.71. The van der Waals surface area contributed by atoms with Gasteiger partial charge in [0.15, 0.2) is 4.90 Å². The number of benzene rings is 3. The van der Waals surface area contributed by atoms with Crippen molar-refractivity contribution in [2.24, 2.45) is 0 Å². The maximum atomic E-state index is 12.6. The number of sulfonamides is 2. The number of hydrogen-bond donors (Lipinski definition) is 2. The summed E-state index contributed by atoms with van der Waals surface area (Å²) in [4.78, 5) is 9.61. The van der Waals surface area contributed by atoms with E-state index in [4.69, 9.17) is 23.2 Å². The van der Waals surface area contributed by atoms with Crippen molar-refractivity contribution in [3.05, 3.63) is 86.9 Å². The normalized spacial score (nSPS) is 11.7. The molecule has 162 valence electrons. The van der Waals surface area contributed by atoms with E-state index < -0.39 is 35.6 Å². The number of nitrogens with zero attached hydrogens (tertiary/aromatic N) is 1. The van der Waals surface area contributed by atoms with Gasteiger partial charge in [-0.3, -0.25) is 19.6 Å². The average molecular weight is 502 g/mol. The van der Waals surface area contributed by atoms with Gasteiger partial charge in [0.1, 0.15) is 0 Å². The predicted molar refractivity (Wildman–Crippen MR) is 118 cm³/mol. The molecule has 0 spiro atoms. The number of nitro groups is 1. The van der Waals surface area contributed by atoms with E-state index >= 15 is 0 Å². The minimum Gasteiger partial charge on any atom is -0.279 e. The molecule has 0 aliphatic rings. The number of para-hydroxylation sites is 1. The molecule has 2 N–H and O–H groups in total. The molecule has 0 amide bonds. The molecular weight excluding hydrogens is 489 g/mol. The molecule has 0 bridgehead atoms. The highest BCUT2D eigenvalue weighted by atomic mass is 35.5. The number of rotatable bonds is 7. The molecule has 0 aromatic heterocycles. The van der Waals surface area contributed by atoms with Gasteiger partial charge in [-0.05, 0) is 48.5 Å². The molecule has 31 heavy (non-hydrogen) atoms. The smallest absolute Gasteiger partial charge is 0.279 e. The lowest BCUT2D eigenvalue weighted by Gasteiger charge is -2.11. The van der Waals surface area contributed by atoms with E-state index in [2.05, 4.69) is 9.44 Å². The van der Waals surface area contributed by atoms with Gasteiger partial charge in [0, 0.05) is 16.8 Å². The van der Waals surface area contributed by atoms with Crippen LogP contribution in [0, 0.1) is 10.1 Å². The van der Waals surface area contributed by atoms with Crippen molar-refractivity contribution in [3.63, 3.8) is 0 Å². The van der Waals surface area contributed by atoms with Gasteiger partial charge in [-0.15, -0.1) is 0 Å². The van der Waals surface area contributed by atoms with Crippen LogP contribution in [-0.2, 0) is 20.0 Å². The van der Waals surface area contributed by atoms with Crippen molar-refractivity contribution in [1.29, 1.82) is 0 Å². The Balaban J connectivity index is 1.84. The largest absolute Gasteiger partial charge is 0.289 e. The number of nitro benzene ring substituents is 1. The summed E-state index contributed by atoms with van der Waals surface area (Å²) >= 11 is 11.8. The van der Waals surface area contributed by atoms with E-state index in [1.807, 2.05) is 0 Å². The Bertz CT molecular complexity index is 1360. The lowest BCUT2D eigenvalue weighted by Crippen LogP contribution is -2.15. The monoisotopic (exact) mass is 501 g/mol. The van der Waals surface area contributed by atoms with E-state index in [0.29, 0.717) is 5.02 Å². The Kier molecular flexibility index (Phi) is 6.41. The zero-order chi connectivity index (χ0) is 22.8. The maximum absolute atomic E-state index is 12.6. The van der Waals surface area contributed by atoms with Crippen LogP contribution in [0.5, 0.6) is 0 Å². The van der Waals surface area contributed by atoms with Crippen molar-refractivity contribution in [1.82, 2.24) is 0 Å². The summed E-state index contributed by atoms with van der Waals surface area (Å²) in [6, 6.07) is 13.9. The summed E-state index contributed by atoms with van der Waals surface area (Å²) in [7, 11) is -8.31. The third kappa shape index (κ3) is 5.25. The minimum atomic E-state index is -4.28. The van der Waals surface area contributed by atoms with E-state index in [0.717, 1.165) is 12.1 Å². The standard InChI is InChI=1S/C18H13Cl2N3O6S2/c19-12-5-10-16(15(20)11-12)22-30(26,27)14-8-6-13(7-9-14)21-31(28,29)18-4-2-1-3-17(18)23(24)25/h1-11,21-22H. The number of nitrogens with one attached hydrogen (secondary N) is 2. The second-order valence-corrected chi connectivity index (χ2v) is 10.3. The molecule has 0 aliphatic heterocycles. The molecule has 0 saturated heterocycles. The van der Waals surface area contributed by atoms with Crippen LogP contribution in [0.15, 0.2) is 76.5 Å². The molecule has 9 nitrogen and oxygen atoms in total. The van der Waals surface area contributed by atoms with Crippen LogP contribution in [-0.4, -0.2) is 21.8 Å². The lowest BCUT2D eigenvalue weighted by atomic mass is 10.3. The van der Waals surface area contributed by atoms with Crippen LogP contribution in [0.4, 0.5) is 17.1 Å². The highest BCUT2D eigenvalue weighted by Crippen LogP contribution is 2.29. The first-order chi connectivity index (χ1) is 14.5. The quantitative estimate of drug-likeness (QED) is 0.361. The molecule has 0 aliphatic carbocycles. The summed E-state index contributed by atoms with van der Waals surface area (Å²) in [5.74, 6) is 0. The Hall–Kier alpha value is -2.86. The van der Waals surface area contributed by atoms with Crippen molar-refractivity contribution in [2.75, 3.05) is 9.44 Å². The average Bonchev–Trinajstić information content (AvgIpc) is 2.70. The summed E-state index contributed by atoms with van der Waals surface area (Å²) in [6.45, 7) is 0. The van der Waals surface area contributed by atoms with Crippen LogP contribution >= 0.6 is 23.2 Å². The fourth-order valence-electron chi connectivity index (χ4n) is 2.52. The number of anilines is 2. The topological polar surface area (TPSA) is 135 Å². The van der Waals surface area contributed by atoms with Crippen molar-refractivity contribution >= 4 is 60.3 Å². The zero-order valence-corrected chi connectivity index (χ0v) is 18.5. The lowest BCUT2D eigenvalue weighted by molar-refractivity contribution is -0.387. The molecule has 13 heteroatoms. The van der Waals surface area contributed by atoms with Crippen LogP contribution < -0.4 is 9.44 Å². The fourth-order valence-corrected chi connectivity index (χ4v) is 5.35. The molecular formula is C18H13Cl2N3O6S2. The van der Waals surface area contributed by atoms with Crippen LogP contribution in [0.3, 0.4) is 0 Å². The molecule has 0 saturated carbocycles. The third-order valence-electron chi connectivity index (χ3n) is 3.94. The highest BCUT2D eigenvalue weighted by Gasteiger charge is 2.25. The minimum absolute atomic E-state index is 0.0154. The van der Waals surface area contributed by atoms with E-state index in [1.165, 1.54) is 54.6 Å². The SMILES string of the molecule is O=[N+]([O-])c1ccccc1S(=O)(=O)Nc1ccc(S(=O)(=O)Nc2ccc(Cl)cc2Cl)cc1. The summed E-state index contributed by atoms with van der Waals surface area (Å²) in [5, 5.41) is 11.5. The Labute approximate surface area is 187 Å². The fraction of sp³-hybridized carbons (Fsp3) is 0. The number of halogens is 2. The second-order valence-electron chi connectivity index (χ2n) is 6.08. The summed E-state index contributed by atoms with van der Waals surface area (Å²) in [5.41, 5.74) is -0.452. The zero-order valence-electron chi connectivity index (χ0n) is 15.3. The predicted octanol–water partition coefficient (Wildman–Crippen LogP) is 4.50. The molecule has 3 rings (SSSR count). The van der Waals surface area contributed by atoms with Gasteiger partial charge >= 0.3 is 0 Å². The Morgan fingerprint density at radius 3 is 2.06 bits per heavy atom. The first-order valence-electron chi connectivity index (χ1n) is 8.34. The van der Waals surface area contributed by atoms with E-state index in [-0.39, 0.29) is 21.3 Å². The molecule has 3 aromatic carbocycles. The van der Waals surface area contributed by atoms with Crippen LogP contribution in [0.2, 0.25) is 10.0 Å². The molecule has 0 heterocycles. The number of hydrogen-bond acceptors (Lipinski definition) is 6. The molecule has 0 unspecified atom stereocenters. The van der Waals surface area contributed by atoms with Crippen molar-refractivity contribution < 1.29 is 21.8 Å². The van der Waals surface area contributed by atoms with Gasteiger partial charge in [-0.2, -0.15) is 0 Å². The third-order valence-corrected chi connectivity index (χ3v) is 7.30. The van der Waals surface area contributed by atoms with Crippen molar-refractivity contribution in [3.8, 4) is 0 Å². The summed E-state index contributed by atoms with van der Waals surface area (Å²) in [6.07, 6.45) is 0. The van der Waals surface area contributed by atoms with Gasteiger partial charge in [-0.1, -0.05) is 35.3 Å². The van der Waals surface area contributed by atoms with Crippen LogP contribution in [0.25, 0.3) is 0 Å². The van der Waals surface area contributed by atoms with Crippen LogP contribution in [0.1, 0.15) is 0 Å². The van der Waals surface area contributed by atoms with Crippen molar-refractivity contribution in [2.45, 2.75) is 9.79 Å². The van der Waals surface area contributed by atoms with E-state index in [9.17, 15) is 26.9 Å². The van der Waals surface area contributed by atoms with Gasteiger partial charge in [0.25, 0.3) is 25.7 Å². The summed E-state index contributed by atoms with van der Waals surface area (Å²) < 4.78 is 54.7. The first-order valence-corrected chi connectivity index (χ1v) is 12.1. The maximum Gasteiger partial charge on any atom is 0.289 e. The molecule has 3 aromatic rings. The molecule has 0 atom stereocenters. The van der Waals surface area contributed by atoms with Gasteiger partial charge < -0.3 is 0 Å². The molecule has 0 fully saturated rings. The molecule has 0 radical (unpaired) electrons.